The second kappa shape index (κ2) is 9.06. The molecule has 0 bridgehead atoms. The van der Waals surface area contributed by atoms with Gasteiger partial charge in [-0.1, -0.05) is 0 Å². The number of morpholine rings is 1. The molecular formula is C4H12F3NOS. The van der Waals surface area contributed by atoms with Crippen molar-refractivity contribution in [1.29, 1.82) is 0 Å². The highest BCUT2D eigenvalue weighted by Crippen LogP contribution is 1.97. The standard InChI is InChI=1S/C4H9NOS.3FH/c7-4-3-5-1-2-6-4;;;/h4-5,7H,1-3H2;3*1H. The molecule has 1 N–H and O–H groups in total. The third kappa shape index (κ3) is 6.18. The summed E-state index contributed by atoms with van der Waals surface area (Å²) in [6.45, 7) is 2.65. The molecule has 0 amide bonds. The number of ether oxygens (including phenoxy) is 1. The molecule has 1 heterocycles. The van der Waals surface area contributed by atoms with E-state index < -0.39 is 0 Å². The van der Waals surface area contributed by atoms with Gasteiger partial charge in [0, 0.05) is 13.1 Å². The van der Waals surface area contributed by atoms with E-state index in [0.29, 0.717) is 0 Å². The zero-order chi connectivity index (χ0) is 5.11. The molecule has 10 heavy (non-hydrogen) atoms. The zero-order valence-corrected chi connectivity index (χ0v) is 6.17. The normalized spacial score (nSPS) is 23.1. The number of halogens is 3. The van der Waals surface area contributed by atoms with Crippen LogP contribution in [0.1, 0.15) is 0 Å². The van der Waals surface area contributed by atoms with Gasteiger partial charge in [-0.15, -0.1) is 12.6 Å². The minimum atomic E-state index is 0. The Morgan fingerprint density at radius 2 is 1.90 bits per heavy atom. The van der Waals surface area contributed by atoms with Crippen LogP contribution in [-0.2, 0) is 4.74 Å². The van der Waals surface area contributed by atoms with E-state index in [1.54, 1.807) is 0 Å². The summed E-state index contributed by atoms with van der Waals surface area (Å²) in [4.78, 5) is 0. The molecule has 0 aromatic carbocycles. The largest absolute Gasteiger partial charge is 0.365 e. The predicted molar refractivity (Wildman–Crippen MR) is 39.1 cm³/mol. The molecule has 0 radical (unpaired) electrons. The molecule has 1 aliphatic rings. The molecule has 1 rings (SSSR count). The van der Waals surface area contributed by atoms with Crippen LogP contribution in [0.4, 0.5) is 14.1 Å². The van der Waals surface area contributed by atoms with E-state index in [0.717, 1.165) is 19.7 Å². The van der Waals surface area contributed by atoms with Crippen LogP contribution in [0.2, 0.25) is 0 Å². The van der Waals surface area contributed by atoms with Gasteiger partial charge in [-0.25, -0.2) is 0 Å². The van der Waals surface area contributed by atoms with Crippen molar-refractivity contribution in [3.05, 3.63) is 0 Å². The van der Waals surface area contributed by atoms with Crippen molar-refractivity contribution in [3.63, 3.8) is 0 Å². The van der Waals surface area contributed by atoms with Gasteiger partial charge in [-0.3, -0.25) is 14.1 Å². The third-order valence-corrected chi connectivity index (χ3v) is 1.24. The minimum absolute atomic E-state index is 0. The van der Waals surface area contributed by atoms with Crippen LogP contribution in [0.15, 0.2) is 0 Å². The van der Waals surface area contributed by atoms with Gasteiger partial charge < -0.3 is 10.1 Å². The molecule has 2 nitrogen and oxygen atoms in total. The fraction of sp³-hybridized carbons (Fsp3) is 1.00. The lowest BCUT2D eigenvalue weighted by molar-refractivity contribution is 0.0866. The fourth-order valence-corrected chi connectivity index (χ4v) is 0.786. The van der Waals surface area contributed by atoms with Crippen molar-refractivity contribution in [2.24, 2.45) is 0 Å². The quantitative estimate of drug-likeness (QED) is 0.522. The van der Waals surface area contributed by atoms with E-state index in [2.05, 4.69) is 17.9 Å². The summed E-state index contributed by atoms with van der Waals surface area (Å²) >= 11 is 4.08. The lowest BCUT2D eigenvalue weighted by Gasteiger charge is -2.18. The van der Waals surface area contributed by atoms with E-state index in [1.165, 1.54) is 0 Å². The molecular weight excluding hydrogens is 167 g/mol. The molecule has 1 unspecified atom stereocenters. The number of rotatable bonds is 0. The Hall–Kier alpha value is 0.0600. The van der Waals surface area contributed by atoms with Crippen LogP contribution in [0, 0.1) is 0 Å². The average molecular weight is 179 g/mol. The molecule has 0 saturated carbocycles. The Morgan fingerprint density at radius 1 is 1.30 bits per heavy atom. The van der Waals surface area contributed by atoms with Gasteiger partial charge in [0.1, 0.15) is 5.44 Å². The van der Waals surface area contributed by atoms with Gasteiger partial charge in [-0.05, 0) is 0 Å². The van der Waals surface area contributed by atoms with Crippen LogP contribution >= 0.6 is 12.6 Å². The second-order valence-corrected chi connectivity index (χ2v) is 2.11. The van der Waals surface area contributed by atoms with Crippen LogP contribution < -0.4 is 5.32 Å². The summed E-state index contributed by atoms with van der Waals surface area (Å²) in [5.41, 5.74) is 0.119. The Kier molecular flexibility index (Phi) is 15.0. The predicted octanol–water partition coefficient (Wildman–Crippen LogP) is 0.320. The molecule has 0 aromatic heterocycles. The third-order valence-electron chi connectivity index (χ3n) is 0.908. The SMILES string of the molecule is F.F.F.SC1CNCCO1. The smallest absolute Gasteiger partial charge is 0.112 e. The monoisotopic (exact) mass is 179 g/mol. The van der Waals surface area contributed by atoms with E-state index >= 15 is 0 Å². The van der Waals surface area contributed by atoms with Crippen molar-refractivity contribution in [1.82, 2.24) is 5.32 Å². The lowest BCUT2D eigenvalue weighted by atomic mass is 10.5. The Labute approximate surface area is 62.8 Å². The summed E-state index contributed by atoms with van der Waals surface area (Å²) in [6.07, 6.45) is 0. The Bertz CT molecular complexity index is 62.5. The summed E-state index contributed by atoms with van der Waals surface area (Å²) in [5, 5.41) is 3.13. The first-order valence-corrected chi connectivity index (χ1v) is 2.91. The highest BCUT2D eigenvalue weighted by molar-refractivity contribution is 7.80. The molecule has 0 spiro atoms. The van der Waals surface area contributed by atoms with Gasteiger partial charge in [0.05, 0.1) is 6.61 Å². The fourth-order valence-electron chi connectivity index (χ4n) is 0.552. The van der Waals surface area contributed by atoms with E-state index in [1.807, 2.05) is 0 Å². The van der Waals surface area contributed by atoms with E-state index in [4.69, 9.17) is 4.74 Å². The maximum atomic E-state index is 5.08. The van der Waals surface area contributed by atoms with Crippen LogP contribution in [0.3, 0.4) is 0 Å². The summed E-state index contributed by atoms with van der Waals surface area (Å²) < 4.78 is 5.08. The molecule has 1 saturated heterocycles. The number of hydrogen-bond acceptors (Lipinski definition) is 3. The molecule has 1 fully saturated rings. The average Bonchev–Trinajstić information content (AvgIpc) is 1.69. The van der Waals surface area contributed by atoms with Crippen LogP contribution in [0.5, 0.6) is 0 Å². The molecule has 1 atom stereocenters. The summed E-state index contributed by atoms with van der Waals surface area (Å²) in [5.74, 6) is 0. The Morgan fingerprint density at radius 3 is 2.10 bits per heavy atom. The second-order valence-electron chi connectivity index (χ2n) is 1.53. The van der Waals surface area contributed by atoms with E-state index in [9.17, 15) is 0 Å². The van der Waals surface area contributed by atoms with Gasteiger partial charge >= 0.3 is 0 Å². The molecule has 0 aromatic rings. The maximum Gasteiger partial charge on any atom is 0.112 e. The van der Waals surface area contributed by atoms with Crippen molar-refractivity contribution < 1.29 is 18.9 Å². The number of hydrogen-bond donors (Lipinski definition) is 2. The Balaban J connectivity index is -0.000000163. The highest BCUT2D eigenvalue weighted by atomic mass is 32.1. The van der Waals surface area contributed by atoms with Gasteiger partial charge in [0.25, 0.3) is 0 Å². The molecule has 1 aliphatic heterocycles. The van der Waals surface area contributed by atoms with Crippen molar-refractivity contribution >= 4 is 12.6 Å². The molecule has 6 heteroatoms. The van der Waals surface area contributed by atoms with Gasteiger partial charge in [0.15, 0.2) is 0 Å². The van der Waals surface area contributed by atoms with Crippen molar-refractivity contribution in [2.75, 3.05) is 19.7 Å². The zero-order valence-electron chi connectivity index (χ0n) is 5.28. The molecule has 66 valence electrons. The summed E-state index contributed by atoms with van der Waals surface area (Å²) in [6, 6.07) is 0. The van der Waals surface area contributed by atoms with Crippen LogP contribution in [-0.4, -0.2) is 25.1 Å². The van der Waals surface area contributed by atoms with E-state index in [-0.39, 0.29) is 19.5 Å². The maximum absolute atomic E-state index is 5.08. The first-order valence-electron chi connectivity index (χ1n) is 2.40. The molecule has 0 aliphatic carbocycles. The van der Waals surface area contributed by atoms with Crippen molar-refractivity contribution in [2.45, 2.75) is 5.44 Å². The minimum Gasteiger partial charge on any atom is -0.365 e. The first kappa shape index (κ1) is 16.6. The van der Waals surface area contributed by atoms with Crippen molar-refractivity contribution in [3.8, 4) is 0 Å². The van der Waals surface area contributed by atoms with Crippen LogP contribution in [0.25, 0.3) is 0 Å². The highest BCUT2D eigenvalue weighted by Gasteiger charge is 2.05. The topological polar surface area (TPSA) is 21.3 Å². The van der Waals surface area contributed by atoms with Gasteiger partial charge in [-0.2, -0.15) is 0 Å². The number of thiol groups is 1. The lowest BCUT2D eigenvalue weighted by Crippen LogP contribution is -2.35. The van der Waals surface area contributed by atoms with Gasteiger partial charge in [0.2, 0.25) is 0 Å². The first-order chi connectivity index (χ1) is 3.39. The number of nitrogens with one attached hydrogen (secondary N) is 1. The summed E-state index contributed by atoms with van der Waals surface area (Å²) in [7, 11) is 0.